The fourth-order valence-corrected chi connectivity index (χ4v) is 2.31. The number of carbonyl (C=O) groups is 1. The predicted molar refractivity (Wildman–Crippen MR) is 78.4 cm³/mol. The van der Waals surface area contributed by atoms with Gasteiger partial charge in [-0.3, -0.25) is 10.1 Å². The third-order valence-corrected chi connectivity index (χ3v) is 3.42. The summed E-state index contributed by atoms with van der Waals surface area (Å²) in [4.78, 5) is 17.4. The van der Waals surface area contributed by atoms with Gasteiger partial charge in [-0.15, -0.1) is 0 Å². The Bertz CT molecular complexity index is 410. The lowest BCUT2D eigenvalue weighted by Gasteiger charge is -2.37. The fourth-order valence-electron chi connectivity index (χ4n) is 2.31. The number of hydrogen-bond acceptors (Lipinski definition) is 4. The summed E-state index contributed by atoms with van der Waals surface area (Å²) < 4.78 is 5.15. The third-order valence-electron chi connectivity index (χ3n) is 3.42. The average Bonchev–Trinajstić information content (AvgIpc) is 2.29. The van der Waals surface area contributed by atoms with Gasteiger partial charge in [0.1, 0.15) is 0 Å². The van der Waals surface area contributed by atoms with Crippen molar-refractivity contribution in [2.45, 2.75) is 47.1 Å². The molecule has 1 aliphatic rings. The molecule has 20 heavy (non-hydrogen) atoms. The summed E-state index contributed by atoms with van der Waals surface area (Å²) in [5.41, 5.74) is -0.501. The van der Waals surface area contributed by atoms with E-state index in [1.807, 2.05) is 41.5 Å². The zero-order valence-corrected chi connectivity index (χ0v) is 13.5. The molecule has 0 saturated carbocycles. The second-order valence-corrected chi connectivity index (χ2v) is 7.42. The molecule has 0 radical (unpaired) electrons. The Morgan fingerprint density at radius 3 is 1.70 bits per heavy atom. The number of Topliss-reactive ketones (excluding diaryl/α,β-unsaturated/α-hetero) is 1. The van der Waals surface area contributed by atoms with Crippen molar-refractivity contribution in [1.29, 1.82) is 0 Å². The highest BCUT2D eigenvalue weighted by atomic mass is 17.1. The SMILES string of the molecule is COCC1(OO)C=C(C(C)(C)C)C(=O)C(C(C)(C)C)=C1. The van der Waals surface area contributed by atoms with Gasteiger partial charge in [0.05, 0.1) is 6.61 Å². The van der Waals surface area contributed by atoms with Crippen molar-refractivity contribution in [3.8, 4) is 0 Å². The van der Waals surface area contributed by atoms with Gasteiger partial charge in [-0.25, -0.2) is 4.89 Å². The molecule has 0 aromatic carbocycles. The molecule has 1 rings (SSSR count). The largest absolute Gasteiger partial charge is 0.381 e. The van der Waals surface area contributed by atoms with Gasteiger partial charge in [-0.05, 0) is 23.0 Å². The molecule has 0 amide bonds. The molecule has 0 aromatic rings. The van der Waals surface area contributed by atoms with Crippen molar-refractivity contribution in [2.75, 3.05) is 13.7 Å². The first-order chi connectivity index (χ1) is 8.97. The van der Waals surface area contributed by atoms with Crippen LogP contribution in [0.15, 0.2) is 23.3 Å². The number of ketones is 1. The first-order valence-corrected chi connectivity index (χ1v) is 6.80. The minimum Gasteiger partial charge on any atom is -0.381 e. The minimum atomic E-state index is -1.10. The zero-order valence-electron chi connectivity index (χ0n) is 13.5. The van der Waals surface area contributed by atoms with E-state index in [-0.39, 0.29) is 23.2 Å². The van der Waals surface area contributed by atoms with Crippen molar-refractivity contribution >= 4 is 5.78 Å². The van der Waals surface area contributed by atoms with Gasteiger partial charge in [0.2, 0.25) is 0 Å². The number of ether oxygens (including phenoxy) is 1. The maximum absolute atomic E-state index is 12.7. The molecule has 0 saturated heterocycles. The van der Waals surface area contributed by atoms with Gasteiger partial charge in [-0.1, -0.05) is 41.5 Å². The Hall–Kier alpha value is -0.970. The summed E-state index contributed by atoms with van der Waals surface area (Å²) >= 11 is 0. The monoisotopic (exact) mass is 282 g/mol. The summed E-state index contributed by atoms with van der Waals surface area (Å²) in [7, 11) is 1.53. The summed E-state index contributed by atoms with van der Waals surface area (Å²) in [5, 5.41) is 9.35. The average molecular weight is 282 g/mol. The normalized spacial score (nSPS) is 19.7. The molecule has 4 heteroatoms. The van der Waals surface area contributed by atoms with E-state index in [1.165, 1.54) is 7.11 Å². The van der Waals surface area contributed by atoms with E-state index < -0.39 is 5.60 Å². The van der Waals surface area contributed by atoms with E-state index in [4.69, 9.17) is 4.74 Å². The molecule has 0 aliphatic heterocycles. The molecule has 1 aliphatic carbocycles. The first-order valence-electron chi connectivity index (χ1n) is 6.80. The van der Waals surface area contributed by atoms with Crippen LogP contribution in [0.4, 0.5) is 0 Å². The number of allylic oxidation sites excluding steroid dienone is 2. The molecule has 0 heterocycles. The van der Waals surface area contributed by atoms with E-state index in [9.17, 15) is 10.1 Å². The quantitative estimate of drug-likeness (QED) is 0.637. The summed E-state index contributed by atoms with van der Waals surface area (Å²) in [5.74, 6) is 0.00813. The molecular formula is C16H26O4. The first kappa shape index (κ1) is 17.1. The molecule has 1 N–H and O–H groups in total. The van der Waals surface area contributed by atoms with Crippen molar-refractivity contribution < 1.29 is 19.7 Å². The topological polar surface area (TPSA) is 55.8 Å². The van der Waals surface area contributed by atoms with Crippen LogP contribution < -0.4 is 0 Å². The lowest BCUT2D eigenvalue weighted by Crippen LogP contribution is -2.41. The van der Waals surface area contributed by atoms with Crippen LogP contribution >= 0.6 is 0 Å². The number of carbonyl (C=O) groups excluding carboxylic acids is 1. The Kier molecular flexibility index (Phi) is 4.64. The Morgan fingerprint density at radius 1 is 1.05 bits per heavy atom. The lowest BCUT2D eigenvalue weighted by atomic mass is 9.70. The maximum Gasteiger partial charge on any atom is 0.185 e. The molecule has 0 spiro atoms. The molecule has 0 aromatic heterocycles. The van der Waals surface area contributed by atoms with Crippen molar-refractivity contribution in [2.24, 2.45) is 10.8 Å². The molecule has 0 atom stereocenters. The number of hydrogen-bond donors (Lipinski definition) is 1. The summed E-state index contributed by atoms with van der Waals surface area (Å²) in [6.45, 7) is 12.0. The van der Waals surface area contributed by atoms with Crippen LogP contribution in [0.3, 0.4) is 0 Å². The van der Waals surface area contributed by atoms with Gasteiger partial charge in [0.15, 0.2) is 11.4 Å². The van der Waals surface area contributed by atoms with E-state index in [1.54, 1.807) is 12.2 Å². The van der Waals surface area contributed by atoms with Crippen molar-refractivity contribution in [3.05, 3.63) is 23.3 Å². The van der Waals surface area contributed by atoms with Gasteiger partial charge in [-0.2, -0.15) is 0 Å². The van der Waals surface area contributed by atoms with Gasteiger partial charge >= 0.3 is 0 Å². The number of methoxy groups -OCH3 is 1. The Balaban J connectivity index is 3.47. The molecule has 0 unspecified atom stereocenters. The lowest BCUT2D eigenvalue weighted by molar-refractivity contribution is -0.301. The fraction of sp³-hybridized carbons (Fsp3) is 0.688. The molecule has 0 fully saturated rings. The summed E-state index contributed by atoms with van der Waals surface area (Å²) in [6, 6.07) is 0. The van der Waals surface area contributed by atoms with Crippen molar-refractivity contribution in [1.82, 2.24) is 0 Å². The van der Waals surface area contributed by atoms with Gasteiger partial charge in [0.25, 0.3) is 0 Å². The standard InChI is InChI=1S/C16H26O4/c1-14(2,3)11-8-16(20-18,10-19-7)9-12(13(11)17)15(4,5)6/h8-9,18H,10H2,1-7H3. The Labute approximate surface area is 121 Å². The van der Waals surface area contributed by atoms with E-state index in [0.29, 0.717) is 11.1 Å². The molecule has 114 valence electrons. The highest BCUT2D eigenvalue weighted by molar-refractivity contribution is 6.11. The summed E-state index contributed by atoms with van der Waals surface area (Å²) in [6.07, 6.45) is 3.35. The van der Waals surface area contributed by atoms with Crippen LogP contribution in [0.25, 0.3) is 0 Å². The van der Waals surface area contributed by atoms with Gasteiger partial charge < -0.3 is 4.74 Å². The number of rotatable bonds is 3. The van der Waals surface area contributed by atoms with Crippen LogP contribution in [0.5, 0.6) is 0 Å². The molecular weight excluding hydrogens is 256 g/mol. The van der Waals surface area contributed by atoms with Crippen LogP contribution in [0, 0.1) is 10.8 Å². The second kappa shape index (κ2) is 5.43. The highest BCUT2D eigenvalue weighted by Gasteiger charge is 2.42. The predicted octanol–water partition coefficient (Wildman–Crippen LogP) is 3.39. The molecule has 0 bridgehead atoms. The van der Waals surface area contributed by atoms with Gasteiger partial charge in [0, 0.05) is 18.3 Å². The van der Waals surface area contributed by atoms with Crippen LogP contribution in [0.2, 0.25) is 0 Å². The second-order valence-electron chi connectivity index (χ2n) is 7.42. The highest BCUT2D eigenvalue weighted by Crippen LogP contribution is 2.41. The minimum absolute atomic E-state index is 0.00813. The van der Waals surface area contributed by atoms with Crippen LogP contribution in [-0.4, -0.2) is 30.4 Å². The zero-order chi connectivity index (χ0) is 15.8. The van der Waals surface area contributed by atoms with E-state index >= 15 is 0 Å². The van der Waals surface area contributed by atoms with Crippen LogP contribution in [-0.2, 0) is 14.4 Å². The Morgan fingerprint density at radius 2 is 1.45 bits per heavy atom. The maximum atomic E-state index is 12.7. The van der Waals surface area contributed by atoms with Crippen LogP contribution in [0.1, 0.15) is 41.5 Å². The smallest absolute Gasteiger partial charge is 0.185 e. The van der Waals surface area contributed by atoms with Crippen molar-refractivity contribution in [3.63, 3.8) is 0 Å². The third kappa shape index (κ3) is 3.37. The van der Waals surface area contributed by atoms with E-state index in [0.717, 1.165) is 0 Å². The van der Waals surface area contributed by atoms with E-state index in [2.05, 4.69) is 4.89 Å². The molecule has 4 nitrogen and oxygen atoms in total.